The molecule has 0 bridgehead atoms. The van der Waals surface area contributed by atoms with Crippen LogP contribution < -0.4 is 15.0 Å². The Morgan fingerprint density at radius 2 is 1.38 bits per heavy atom. The normalized spacial score (nSPS) is 25.4. The third kappa shape index (κ3) is 9.19. The zero-order chi connectivity index (χ0) is 49.8. The summed E-state index contributed by atoms with van der Waals surface area (Å²) in [5.74, 6) is 3.84. The number of imide groups is 1. The monoisotopic (exact) mass is 968 g/mol. The summed E-state index contributed by atoms with van der Waals surface area (Å²) < 4.78 is 12.8. The Balaban J connectivity index is 1.27. The number of fused-ring (bicyclic) bond motifs is 3. The van der Waals surface area contributed by atoms with Crippen LogP contribution in [0.4, 0.5) is 10.5 Å². The molecule has 3 saturated heterocycles. The minimum Gasteiger partial charge on any atom is -0.491 e. The van der Waals surface area contributed by atoms with Gasteiger partial charge in [0.1, 0.15) is 35.5 Å². The fourth-order valence-electron chi connectivity index (χ4n) is 12.3. The number of cyclic esters (lactones) is 1. The first-order valence-electron chi connectivity index (χ1n) is 25.9. The highest BCUT2D eigenvalue weighted by Gasteiger charge is 2.76. The Morgan fingerprint density at radius 1 is 0.750 bits per heavy atom. The molecule has 7 atom stereocenters. The van der Waals surface area contributed by atoms with E-state index in [2.05, 4.69) is 17.2 Å². The Bertz CT molecular complexity index is 2820. The van der Waals surface area contributed by atoms with Gasteiger partial charge in [-0.2, -0.15) is 0 Å². The number of hydrogen-bond donors (Lipinski definition) is 3. The Labute approximate surface area is 422 Å². The number of morpholine rings is 1. The van der Waals surface area contributed by atoms with E-state index in [9.17, 15) is 10.2 Å². The molecule has 72 heavy (non-hydrogen) atoms. The van der Waals surface area contributed by atoms with E-state index >= 15 is 19.2 Å². The van der Waals surface area contributed by atoms with Gasteiger partial charge in [0.2, 0.25) is 11.8 Å². The van der Waals surface area contributed by atoms with Crippen molar-refractivity contribution in [1.82, 2.24) is 15.1 Å². The topological polar surface area (TPSA) is 149 Å². The molecule has 1 spiro atoms. The number of aliphatic hydroxyl groups is 2. The molecular weight excluding hydrogens is 905 g/mol. The minimum absolute atomic E-state index is 0.000407. The molecular formula is C60H64N4O8. The smallest absolute Gasteiger partial charge is 0.329 e. The molecule has 1 saturated carbocycles. The van der Waals surface area contributed by atoms with Crippen molar-refractivity contribution < 1.29 is 38.9 Å². The SMILES string of the molecule is C[C@@H](NC(=O)N1C(=O)[C@@]2(c3cc(C#CC4(O)CCCCCC4)ccc31)[C@H](c1cccc(OCCO)c1)N1[C@H](c3ccccc3)[C@H](c3ccccc3)OC(=O)[C@H]1[C@@H]2C(=O)N1CCCCCCC1)c1ccccc1. The van der Waals surface area contributed by atoms with Gasteiger partial charge in [0.25, 0.3) is 0 Å². The molecule has 372 valence electrons. The van der Waals surface area contributed by atoms with Crippen molar-refractivity contribution in [3.8, 4) is 17.6 Å². The fourth-order valence-corrected chi connectivity index (χ4v) is 12.3. The van der Waals surface area contributed by atoms with Gasteiger partial charge in [-0.25, -0.2) is 9.69 Å². The maximum atomic E-state index is 16.9. The zero-order valence-electron chi connectivity index (χ0n) is 41.0. The summed E-state index contributed by atoms with van der Waals surface area (Å²) in [7, 11) is 0. The molecule has 5 aromatic carbocycles. The van der Waals surface area contributed by atoms with Gasteiger partial charge in [0.15, 0.2) is 0 Å². The molecule has 0 radical (unpaired) electrons. The van der Waals surface area contributed by atoms with E-state index in [1.807, 2.05) is 132 Å². The minimum atomic E-state index is -1.98. The van der Waals surface area contributed by atoms with E-state index in [0.29, 0.717) is 48.4 Å². The number of amides is 4. The largest absolute Gasteiger partial charge is 0.491 e. The molecule has 0 aromatic heterocycles. The van der Waals surface area contributed by atoms with E-state index in [4.69, 9.17) is 9.47 Å². The predicted octanol–water partition coefficient (Wildman–Crippen LogP) is 9.42. The molecule has 3 N–H and O–H groups in total. The lowest BCUT2D eigenvalue weighted by Crippen LogP contribution is -2.57. The van der Waals surface area contributed by atoms with Crippen LogP contribution in [0.5, 0.6) is 5.75 Å². The van der Waals surface area contributed by atoms with E-state index < -0.39 is 65.1 Å². The van der Waals surface area contributed by atoms with Crippen LogP contribution in [0.1, 0.15) is 135 Å². The highest BCUT2D eigenvalue weighted by molar-refractivity contribution is 6.24. The summed E-state index contributed by atoms with van der Waals surface area (Å²) >= 11 is 0. The van der Waals surface area contributed by atoms with Crippen LogP contribution in [0.3, 0.4) is 0 Å². The predicted molar refractivity (Wildman–Crippen MR) is 274 cm³/mol. The summed E-state index contributed by atoms with van der Waals surface area (Å²) in [6, 6.07) is 37.0. The van der Waals surface area contributed by atoms with Gasteiger partial charge in [0.05, 0.1) is 36.3 Å². The van der Waals surface area contributed by atoms with Crippen molar-refractivity contribution in [3.63, 3.8) is 0 Å². The second kappa shape index (κ2) is 21.1. The molecule has 5 aromatic rings. The maximum absolute atomic E-state index is 16.9. The van der Waals surface area contributed by atoms with Crippen LogP contribution in [0.15, 0.2) is 133 Å². The van der Waals surface area contributed by atoms with E-state index in [1.165, 1.54) is 4.90 Å². The summed E-state index contributed by atoms with van der Waals surface area (Å²) in [4.78, 5) is 69.4. The number of nitrogens with zero attached hydrogens (tertiary/aromatic N) is 3. The number of nitrogens with one attached hydrogen (secondary N) is 1. The number of ether oxygens (including phenoxy) is 2. The lowest BCUT2D eigenvalue weighted by Gasteiger charge is -2.46. The number of benzene rings is 5. The second-order valence-corrected chi connectivity index (χ2v) is 20.2. The first-order chi connectivity index (χ1) is 35.1. The first kappa shape index (κ1) is 48.8. The van der Waals surface area contributed by atoms with Crippen molar-refractivity contribution in [3.05, 3.63) is 167 Å². The number of carbonyl (C=O) groups is 4. The van der Waals surface area contributed by atoms with Crippen LogP contribution in [-0.2, 0) is 24.5 Å². The summed E-state index contributed by atoms with van der Waals surface area (Å²) in [6.07, 6.45) is 8.32. The van der Waals surface area contributed by atoms with Gasteiger partial charge in [-0.1, -0.05) is 147 Å². The van der Waals surface area contributed by atoms with Crippen molar-refractivity contribution in [2.24, 2.45) is 5.92 Å². The van der Waals surface area contributed by atoms with Crippen molar-refractivity contribution >= 4 is 29.5 Å². The van der Waals surface area contributed by atoms with Gasteiger partial charge < -0.3 is 29.9 Å². The quantitative estimate of drug-likeness (QED) is 0.0747. The number of carbonyl (C=O) groups excluding carboxylic acids is 4. The number of urea groups is 1. The van der Waals surface area contributed by atoms with Gasteiger partial charge in [-0.15, -0.1) is 0 Å². The summed E-state index contributed by atoms with van der Waals surface area (Å²) in [5, 5.41) is 24.9. The van der Waals surface area contributed by atoms with Gasteiger partial charge in [-0.3, -0.25) is 19.3 Å². The molecule has 4 fully saturated rings. The molecule has 4 heterocycles. The molecule has 5 aliphatic rings. The molecule has 12 nitrogen and oxygen atoms in total. The van der Waals surface area contributed by atoms with Crippen LogP contribution in [-0.4, -0.2) is 81.8 Å². The molecule has 10 rings (SSSR count). The second-order valence-electron chi connectivity index (χ2n) is 20.2. The molecule has 4 aliphatic heterocycles. The van der Waals surface area contributed by atoms with Crippen LogP contribution >= 0.6 is 0 Å². The average Bonchev–Trinajstić information content (AvgIpc) is 3.73. The van der Waals surface area contributed by atoms with Crippen molar-refractivity contribution in [2.45, 2.75) is 119 Å². The maximum Gasteiger partial charge on any atom is 0.329 e. The fraction of sp³-hybridized carbons (Fsp3) is 0.400. The number of likely N-dealkylation sites (tertiary alicyclic amines) is 1. The standard InChI is InChI=1S/C60H64N4O8/c1-41(43-21-10-7-11-22-43)61-58(69)63-49-30-29-42(31-34-59(70)32-16-3-4-17-33-59)39-48(49)60(57(63)68)50(55(66)62-35-18-5-2-6-19-36-62)52-56(67)72-53(45-25-14-9-15-26-45)51(44-23-12-8-13-24-44)64(52)54(60)46-27-20-28-47(40-46)71-38-37-65/h7-15,20-30,39-41,50-54,65,70H,2-6,16-19,32-33,35-38H2,1H3,(H,61,69)/t41-,50-,51-,52-,53+,54+,60-/m1/s1. The summed E-state index contributed by atoms with van der Waals surface area (Å²) in [5.41, 5.74) is 0.857. The Kier molecular flexibility index (Phi) is 14.3. The highest BCUT2D eigenvalue weighted by atomic mass is 16.6. The van der Waals surface area contributed by atoms with Gasteiger partial charge in [-0.05, 0) is 104 Å². The Morgan fingerprint density at radius 3 is 2.06 bits per heavy atom. The van der Waals surface area contributed by atoms with E-state index in [-0.39, 0.29) is 24.8 Å². The molecule has 4 amide bonds. The summed E-state index contributed by atoms with van der Waals surface area (Å²) in [6.45, 7) is 2.48. The van der Waals surface area contributed by atoms with Crippen LogP contribution in [0.25, 0.3) is 0 Å². The first-order valence-corrected chi connectivity index (χ1v) is 25.9. The molecule has 0 unspecified atom stereocenters. The van der Waals surface area contributed by atoms with Crippen LogP contribution in [0, 0.1) is 17.8 Å². The lowest BCUT2D eigenvalue weighted by molar-refractivity contribution is -0.179. The van der Waals surface area contributed by atoms with Crippen molar-refractivity contribution in [1.29, 1.82) is 0 Å². The zero-order valence-corrected chi connectivity index (χ0v) is 41.0. The Hall–Kier alpha value is -6.78. The lowest BCUT2D eigenvalue weighted by atomic mass is 9.64. The molecule has 12 heteroatoms. The number of anilines is 1. The van der Waals surface area contributed by atoms with Crippen LogP contribution in [0.2, 0.25) is 0 Å². The average molecular weight is 969 g/mol. The number of aliphatic hydroxyl groups excluding tert-OH is 1. The highest BCUT2D eigenvalue weighted by Crippen LogP contribution is 2.66. The number of esters is 1. The van der Waals surface area contributed by atoms with Gasteiger partial charge >= 0.3 is 12.0 Å². The van der Waals surface area contributed by atoms with E-state index in [0.717, 1.165) is 74.5 Å². The number of hydrogen-bond acceptors (Lipinski definition) is 9. The van der Waals surface area contributed by atoms with Crippen molar-refractivity contribution in [2.75, 3.05) is 31.2 Å². The van der Waals surface area contributed by atoms with E-state index in [1.54, 1.807) is 18.2 Å². The third-order valence-corrected chi connectivity index (χ3v) is 15.6. The third-order valence-electron chi connectivity index (χ3n) is 15.6. The van der Waals surface area contributed by atoms with Gasteiger partial charge in [0, 0.05) is 18.7 Å². The molecule has 1 aliphatic carbocycles. The number of rotatable bonds is 9.